The Morgan fingerprint density at radius 2 is 2.00 bits per heavy atom. The van der Waals surface area contributed by atoms with Gasteiger partial charge < -0.3 is 4.74 Å². The molecule has 7 heteroatoms. The minimum Gasteiger partial charge on any atom is -0.465 e. The fraction of sp³-hybridized carbons (Fsp3) is 0.0714. The molecule has 3 rings (SSSR count). The van der Waals surface area contributed by atoms with Crippen LogP contribution in [0.2, 0.25) is 10.0 Å². The fourth-order valence-corrected chi connectivity index (χ4v) is 2.18. The van der Waals surface area contributed by atoms with Crippen molar-refractivity contribution in [2.45, 2.75) is 0 Å². The van der Waals surface area contributed by atoms with Crippen LogP contribution in [-0.4, -0.2) is 27.7 Å². The second-order valence-corrected chi connectivity index (χ2v) is 5.09. The first-order chi connectivity index (χ1) is 10.1. The summed E-state index contributed by atoms with van der Waals surface area (Å²) in [5.74, 6) is 0.0761. The summed E-state index contributed by atoms with van der Waals surface area (Å²) in [5, 5.41) is 5.23. The van der Waals surface area contributed by atoms with Crippen molar-refractivity contribution in [2.24, 2.45) is 0 Å². The minimum atomic E-state index is -0.420. The predicted molar refractivity (Wildman–Crippen MR) is 79.8 cm³/mol. The van der Waals surface area contributed by atoms with Crippen LogP contribution < -0.4 is 0 Å². The molecule has 0 unspecified atom stereocenters. The molecular weight excluding hydrogens is 313 g/mol. The van der Waals surface area contributed by atoms with Crippen molar-refractivity contribution in [3.05, 3.63) is 52.1 Å². The lowest BCUT2D eigenvalue weighted by Crippen LogP contribution is -2.02. The number of rotatable bonds is 2. The standard InChI is InChI=1S/C14H9Cl2N3O2/c1-21-14(20)9-4-5-19-12(7-9)17-13(18-19)8-2-3-10(15)11(16)6-8/h2-7H,1H3. The van der Waals surface area contributed by atoms with Crippen molar-refractivity contribution in [1.82, 2.24) is 14.6 Å². The van der Waals surface area contributed by atoms with Crippen LogP contribution in [0.3, 0.4) is 0 Å². The van der Waals surface area contributed by atoms with Gasteiger partial charge >= 0.3 is 5.97 Å². The van der Waals surface area contributed by atoms with Crippen molar-refractivity contribution < 1.29 is 9.53 Å². The molecule has 0 atom stereocenters. The highest BCUT2D eigenvalue weighted by atomic mass is 35.5. The Morgan fingerprint density at radius 1 is 1.19 bits per heavy atom. The Hall–Kier alpha value is -2.11. The number of fused-ring (bicyclic) bond motifs is 1. The Labute approximate surface area is 130 Å². The van der Waals surface area contributed by atoms with Crippen molar-refractivity contribution in [3.63, 3.8) is 0 Å². The Balaban J connectivity index is 2.08. The summed E-state index contributed by atoms with van der Waals surface area (Å²) < 4.78 is 6.25. The SMILES string of the molecule is COC(=O)c1ccn2nc(-c3ccc(Cl)c(Cl)c3)nc2c1. The molecule has 0 saturated carbocycles. The summed E-state index contributed by atoms with van der Waals surface area (Å²) in [6.07, 6.45) is 1.65. The smallest absolute Gasteiger partial charge is 0.338 e. The molecule has 1 aromatic carbocycles. The summed E-state index contributed by atoms with van der Waals surface area (Å²) >= 11 is 11.9. The summed E-state index contributed by atoms with van der Waals surface area (Å²) in [4.78, 5) is 15.9. The lowest BCUT2D eigenvalue weighted by Gasteiger charge is -1.98. The minimum absolute atomic E-state index is 0.415. The molecule has 0 saturated heterocycles. The molecule has 2 aromatic heterocycles. The average Bonchev–Trinajstić information content (AvgIpc) is 2.92. The van der Waals surface area contributed by atoms with Gasteiger partial charge in [0.2, 0.25) is 0 Å². The normalized spacial score (nSPS) is 10.8. The van der Waals surface area contributed by atoms with Crippen LogP contribution in [0.15, 0.2) is 36.5 Å². The second-order valence-electron chi connectivity index (χ2n) is 4.27. The predicted octanol–water partition coefficient (Wildman–Crippen LogP) is 3.49. The highest BCUT2D eigenvalue weighted by molar-refractivity contribution is 6.42. The van der Waals surface area contributed by atoms with Gasteiger partial charge in [0, 0.05) is 11.8 Å². The number of aromatic nitrogens is 3. The molecule has 0 radical (unpaired) electrons. The third-order valence-corrected chi connectivity index (χ3v) is 3.68. The van der Waals surface area contributed by atoms with E-state index in [1.807, 2.05) is 0 Å². The highest BCUT2D eigenvalue weighted by Crippen LogP contribution is 2.27. The summed E-state index contributed by atoms with van der Waals surface area (Å²) in [7, 11) is 1.33. The number of hydrogen-bond donors (Lipinski definition) is 0. The number of hydrogen-bond acceptors (Lipinski definition) is 4. The zero-order chi connectivity index (χ0) is 15.0. The second kappa shape index (κ2) is 5.35. The molecule has 5 nitrogen and oxygen atoms in total. The molecular formula is C14H9Cl2N3O2. The van der Waals surface area contributed by atoms with Gasteiger partial charge in [0.15, 0.2) is 11.5 Å². The van der Waals surface area contributed by atoms with E-state index in [-0.39, 0.29) is 0 Å². The third kappa shape index (κ3) is 2.57. The number of nitrogens with zero attached hydrogens (tertiary/aromatic N) is 3. The van der Waals surface area contributed by atoms with Crippen molar-refractivity contribution in [1.29, 1.82) is 0 Å². The number of pyridine rings is 1. The van der Waals surface area contributed by atoms with Crippen LogP contribution in [-0.2, 0) is 4.74 Å². The molecule has 0 spiro atoms. The summed E-state index contributed by atoms with van der Waals surface area (Å²) in [6.45, 7) is 0. The van der Waals surface area contributed by atoms with E-state index in [1.165, 1.54) is 7.11 Å². The van der Waals surface area contributed by atoms with Crippen LogP contribution >= 0.6 is 23.2 Å². The molecule has 0 bridgehead atoms. The maximum atomic E-state index is 11.5. The Kier molecular flexibility index (Phi) is 3.53. The third-order valence-electron chi connectivity index (χ3n) is 2.94. The monoisotopic (exact) mass is 321 g/mol. The molecule has 0 amide bonds. The number of esters is 1. The van der Waals surface area contributed by atoms with E-state index in [4.69, 9.17) is 23.2 Å². The first-order valence-corrected chi connectivity index (χ1v) is 6.74. The Morgan fingerprint density at radius 3 is 2.71 bits per heavy atom. The van der Waals surface area contributed by atoms with Gasteiger partial charge in [-0.3, -0.25) is 0 Å². The van der Waals surface area contributed by atoms with E-state index in [2.05, 4.69) is 14.8 Å². The molecule has 0 N–H and O–H groups in total. The van der Waals surface area contributed by atoms with Gasteiger partial charge in [0.05, 0.1) is 22.7 Å². The average molecular weight is 322 g/mol. The number of halogens is 2. The zero-order valence-electron chi connectivity index (χ0n) is 10.9. The summed E-state index contributed by atoms with van der Waals surface area (Å²) in [6, 6.07) is 8.39. The molecule has 106 valence electrons. The maximum absolute atomic E-state index is 11.5. The topological polar surface area (TPSA) is 56.5 Å². The van der Waals surface area contributed by atoms with E-state index in [0.717, 1.165) is 5.56 Å². The van der Waals surface area contributed by atoms with E-state index in [1.54, 1.807) is 41.0 Å². The van der Waals surface area contributed by atoms with Gasteiger partial charge in [0.25, 0.3) is 0 Å². The molecule has 2 heterocycles. The van der Waals surface area contributed by atoms with E-state index < -0.39 is 5.97 Å². The van der Waals surface area contributed by atoms with Gasteiger partial charge in [-0.1, -0.05) is 23.2 Å². The lowest BCUT2D eigenvalue weighted by atomic mass is 10.2. The number of methoxy groups -OCH3 is 1. The summed E-state index contributed by atoms with van der Waals surface area (Å²) in [5.41, 5.74) is 1.70. The first kappa shape index (κ1) is 13.9. The number of ether oxygens (including phenoxy) is 1. The Bertz CT molecular complexity index is 845. The highest BCUT2D eigenvalue weighted by Gasteiger charge is 2.11. The van der Waals surface area contributed by atoms with Crippen LogP contribution in [0, 0.1) is 0 Å². The maximum Gasteiger partial charge on any atom is 0.338 e. The molecule has 0 aliphatic heterocycles. The van der Waals surface area contributed by atoms with Gasteiger partial charge in [-0.25, -0.2) is 14.3 Å². The number of benzene rings is 1. The molecule has 21 heavy (non-hydrogen) atoms. The number of carbonyl (C=O) groups is 1. The van der Waals surface area contributed by atoms with Crippen LogP contribution in [0.5, 0.6) is 0 Å². The zero-order valence-corrected chi connectivity index (χ0v) is 12.4. The quantitative estimate of drug-likeness (QED) is 0.678. The van der Waals surface area contributed by atoms with E-state index >= 15 is 0 Å². The largest absolute Gasteiger partial charge is 0.465 e. The van der Waals surface area contributed by atoms with Gasteiger partial charge in [0.1, 0.15) is 0 Å². The van der Waals surface area contributed by atoms with E-state index in [9.17, 15) is 4.79 Å². The molecule has 0 fully saturated rings. The van der Waals surface area contributed by atoms with Crippen molar-refractivity contribution >= 4 is 34.8 Å². The lowest BCUT2D eigenvalue weighted by molar-refractivity contribution is 0.0600. The molecule has 0 aliphatic carbocycles. The van der Waals surface area contributed by atoms with Crippen LogP contribution in [0.25, 0.3) is 17.0 Å². The number of carbonyl (C=O) groups excluding carboxylic acids is 1. The first-order valence-electron chi connectivity index (χ1n) is 5.98. The van der Waals surface area contributed by atoms with Gasteiger partial charge in [-0.15, -0.1) is 5.10 Å². The van der Waals surface area contributed by atoms with Crippen LogP contribution in [0.1, 0.15) is 10.4 Å². The molecule has 0 aliphatic rings. The molecule has 3 aromatic rings. The van der Waals surface area contributed by atoms with Gasteiger partial charge in [-0.2, -0.15) is 0 Å². The van der Waals surface area contributed by atoms with Crippen molar-refractivity contribution in [3.8, 4) is 11.4 Å². The van der Waals surface area contributed by atoms with Crippen molar-refractivity contribution in [2.75, 3.05) is 7.11 Å². The van der Waals surface area contributed by atoms with Gasteiger partial charge in [-0.05, 0) is 30.3 Å². The van der Waals surface area contributed by atoms with Crippen LogP contribution in [0.4, 0.5) is 0 Å². The van der Waals surface area contributed by atoms with E-state index in [0.29, 0.717) is 27.1 Å². The fourth-order valence-electron chi connectivity index (χ4n) is 1.88.